The Hall–Kier alpha value is -0.300. The van der Waals surface area contributed by atoms with Gasteiger partial charge in [0.25, 0.3) is 0 Å². The van der Waals surface area contributed by atoms with E-state index < -0.39 is 18.3 Å². The molecule has 0 aliphatic heterocycles. The Morgan fingerprint density at radius 1 is 1.43 bits per heavy atom. The van der Waals surface area contributed by atoms with Crippen LogP contribution < -0.4 is 5.73 Å². The van der Waals surface area contributed by atoms with Gasteiger partial charge in [-0.25, -0.2) is 0 Å². The predicted octanol–water partition coefficient (Wildman–Crippen LogP) is 2.11. The molecule has 0 saturated heterocycles. The number of aliphatic hydroxyl groups excluding tert-OH is 1. The summed E-state index contributed by atoms with van der Waals surface area (Å²) in [5.41, 5.74) is 2.37. The van der Waals surface area contributed by atoms with Gasteiger partial charge in [0.05, 0.1) is 10.9 Å². The van der Waals surface area contributed by atoms with Crippen LogP contribution in [-0.2, 0) is 5.54 Å². The predicted molar refractivity (Wildman–Crippen MR) is 48.3 cm³/mol. The van der Waals surface area contributed by atoms with Gasteiger partial charge in [-0.2, -0.15) is 13.2 Å². The van der Waals surface area contributed by atoms with Crippen molar-refractivity contribution in [3.63, 3.8) is 0 Å². The minimum absolute atomic E-state index is 0.197. The van der Waals surface area contributed by atoms with E-state index in [2.05, 4.69) is 0 Å². The van der Waals surface area contributed by atoms with E-state index in [0.717, 1.165) is 6.07 Å². The van der Waals surface area contributed by atoms with Crippen molar-refractivity contribution >= 4 is 22.9 Å². The second-order valence-electron chi connectivity index (χ2n) is 2.73. The molecule has 0 aliphatic rings. The SMILES string of the molecule is N[C@](CO)(c1ccc(Cl)s1)C(F)(F)F. The normalized spacial score (nSPS) is 16.7. The van der Waals surface area contributed by atoms with Gasteiger partial charge in [0.15, 0.2) is 5.54 Å². The molecule has 1 atom stereocenters. The van der Waals surface area contributed by atoms with Crippen molar-refractivity contribution in [3.8, 4) is 0 Å². The molecule has 1 heterocycles. The van der Waals surface area contributed by atoms with E-state index in [1.165, 1.54) is 6.07 Å². The molecular formula is C7H7ClF3NOS. The fourth-order valence-corrected chi connectivity index (χ4v) is 2.02. The van der Waals surface area contributed by atoms with Gasteiger partial charge in [-0.05, 0) is 12.1 Å². The highest BCUT2D eigenvalue weighted by Crippen LogP contribution is 2.40. The highest BCUT2D eigenvalue weighted by Gasteiger charge is 2.53. The van der Waals surface area contributed by atoms with Gasteiger partial charge < -0.3 is 10.8 Å². The molecule has 0 amide bonds. The Kier molecular flexibility index (Phi) is 3.10. The lowest BCUT2D eigenvalue weighted by Gasteiger charge is -2.28. The van der Waals surface area contributed by atoms with Crippen molar-refractivity contribution in [2.24, 2.45) is 5.73 Å². The molecule has 14 heavy (non-hydrogen) atoms. The zero-order valence-electron chi connectivity index (χ0n) is 6.81. The monoisotopic (exact) mass is 245 g/mol. The van der Waals surface area contributed by atoms with Gasteiger partial charge in [0.2, 0.25) is 0 Å². The Bertz CT molecular complexity index is 327. The summed E-state index contributed by atoms with van der Waals surface area (Å²) in [5, 5.41) is 8.70. The average molecular weight is 246 g/mol. The van der Waals surface area contributed by atoms with E-state index in [1.54, 1.807) is 0 Å². The molecule has 0 fully saturated rings. The van der Waals surface area contributed by atoms with Gasteiger partial charge in [0, 0.05) is 4.88 Å². The summed E-state index contributed by atoms with van der Waals surface area (Å²) >= 11 is 6.19. The minimum atomic E-state index is -4.70. The summed E-state index contributed by atoms with van der Waals surface area (Å²) in [6.07, 6.45) is -4.70. The first-order chi connectivity index (χ1) is 6.31. The molecular weight excluding hydrogens is 239 g/mol. The smallest absolute Gasteiger partial charge is 0.394 e. The van der Waals surface area contributed by atoms with Crippen LogP contribution in [0.4, 0.5) is 13.2 Å². The average Bonchev–Trinajstić information content (AvgIpc) is 2.48. The molecule has 2 nitrogen and oxygen atoms in total. The van der Waals surface area contributed by atoms with Crippen LogP contribution in [0.15, 0.2) is 12.1 Å². The zero-order chi connectivity index (χ0) is 11.0. The van der Waals surface area contributed by atoms with Crippen LogP contribution >= 0.6 is 22.9 Å². The van der Waals surface area contributed by atoms with E-state index in [4.69, 9.17) is 22.4 Å². The Labute approximate surface area is 87.1 Å². The number of aliphatic hydroxyl groups is 1. The molecule has 7 heteroatoms. The van der Waals surface area contributed by atoms with E-state index in [0.29, 0.717) is 11.3 Å². The standard InChI is InChI=1S/C7H7ClF3NOS/c8-5-2-1-4(14-5)6(12,3-13)7(9,10)11/h1-2,13H,3,12H2/t6-/m1/s1. The molecule has 0 unspecified atom stereocenters. The topological polar surface area (TPSA) is 46.2 Å². The van der Waals surface area contributed by atoms with Crippen LogP contribution in [0.5, 0.6) is 0 Å². The molecule has 0 bridgehead atoms. The van der Waals surface area contributed by atoms with Gasteiger partial charge in [0.1, 0.15) is 0 Å². The summed E-state index contributed by atoms with van der Waals surface area (Å²) in [6.45, 7) is -1.20. The third-order valence-corrected chi connectivity index (χ3v) is 3.18. The van der Waals surface area contributed by atoms with Crippen molar-refractivity contribution in [2.45, 2.75) is 11.7 Å². The quantitative estimate of drug-likeness (QED) is 0.838. The maximum atomic E-state index is 12.5. The van der Waals surface area contributed by atoms with Crippen LogP contribution in [0.3, 0.4) is 0 Å². The fourth-order valence-electron chi connectivity index (χ4n) is 0.861. The summed E-state index contributed by atoms with van der Waals surface area (Å²) in [6, 6.07) is 2.47. The van der Waals surface area contributed by atoms with Gasteiger partial charge in [-0.3, -0.25) is 0 Å². The zero-order valence-corrected chi connectivity index (χ0v) is 8.38. The third-order valence-electron chi connectivity index (χ3n) is 1.77. The maximum absolute atomic E-state index is 12.5. The molecule has 0 aromatic carbocycles. The van der Waals surface area contributed by atoms with E-state index >= 15 is 0 Å². The molecule has 1 aromatic heterocycles. The Morgan fingerprint density at radius 3 is 2.29 bits per heavy atom. The van der Waals surface area contributed by atoms with Crippen LogP contribution in [0.2, 0.25) is 4.34 Å². The van der Waals surface area contributed by atoms with Crippen LogP contribution in [0, 0.1) is 0 Å². The Balaban J connectivity index is 3.14. The van der Waals surface area contributed by atoms with Crippen molar-refractivity contribution in [1.82, 2.24) is 0 Å². The largest absolute Gasteiger partial charge is 0.413 e. The highest BCUT2D eigenvalue weighted by atomic mass is 35.5. The first-order valence-electron chi connectivity index (χ1n) is 3.53. The summed E-state index contributed by atoms with van der Waals surface area (Å²) in [7, 11) is 0. The number of alkyl halides is 3. The molecule has 3 N–H and O–H groups in total. The number of rotatable bonds is 2. The molecule has 0 spiro atoms. The number of halogens is 4. The van der Waals surface area contributed by atoms with Gasteiger partial charge >= 0.3 is 6.18 Å². The van der Waals surface area contributed by atoms with Crippen molar-refractivity contribution in [2.75, 3.05) is 6.61 Å². The molecule has 0 radical (unpaired) electrons. The van der Waals surface area contributed by atoms with Crippen molar-refractivity contribution < 1.29 is 18.3 Å². The second-order valence-corrected chi connectivity index (χ2v) is 4.45. The first kappa shape index (κ1) is 11.8. The molecule has 80 valence electrons. The molecule has 1 aromatic rings. The van der Waals surface area contributed by atoms with Crippen LogP contribution in [-0.4, -0.2) is 17.9 Å². The Morgan fingerprint density at radius 2 is 2.00 bits per heavy atom. The molecule has 1 rings (SSSR count). The van der Waals surface area contributed by atoms with Crippen LogP contribution in [0.25, 0.3) is 0 Å². The van der Waals surface area contributed by atoms with Gasteiger partial charge in [-0.1, -0.05) is 11.6 Å². The highest BCUT2D eigenvalue weighted by molar-refractivity contribution is 7.16. The first-order valence-corrected chi connectivity index (χ1v) is 4.73. The van der Waals surface area contributed by atoms with Crippen LogP contribution in [0.1, 0.15) is 4.88 Å². The number of nitrogens with two attached hydrogens (primary N) is 1. The minimum Gasteiger partial charge on any atom is -0.394 e. The van der Waals surface area contributed by atoms with E-state index in [9.17, 15) is 13.2 Å². The van der Waals surface area contributed by atoms with Crippen molar-refractivity contribution in [3.05, 3.63) is 21.3 Å². The molecule has 0 saturated carbocycles. The second kappa shape index (κ2) is 3.69. The van der Waals surface area contributed by atoms with Gasteiger partial charge in [-0.15, -0.1) is 11.3 Å². The lowest BCUT2D eigenvalue weighted by Crippen LogP contribution is -2.52. The summed E-state index contributed by atoms with van der Waals surface area (Å²) in [5.74, 6) is 0. The lowest BCUT2D eigenvalue weighted by molar-refractivity contribution is -0.198. The number of thiophene rings is 1. The summed E-state index contributed by atoms with van der Waals surface area (Å²) in [4.78, 5) is -0.197. The maximum Gasteiger partial charge on any atom is 0.413 e. The van der Waals surface area contributed by atoms with Crippen molar-refractivity contribution in [1.29, 1.82) is 0 Å². The lowest BCUT2D eigenvalue weighted by atomic mass is 10.00. The number of hydrogen-bond acceptors (Lipinski definition) is 3. The third kappa shape index (κ3) is 1.88. The van der Waals surface area contributed by atoms with E-state index in [-0.39, 0.29) is 9.21 Å². The molecule has 0 aliphatic carbocycles. The fraction of sp³-hybridized carbons (Fsp3) is 0.429. The summed E-state index contributed by atoms with van der Waals surface area (Å²) < 4.78 is 37.6. The van der Waals surface area contributed by atoms with E-state index in [1.807, 2.05) is 0 Å². The number of hydrogen-bond donors (Lipinski definition) is 2.